The van der Waals surface area contributed by atoms with Gasteiger partial charge in [0, 0.05) is 9.79 Å². The second kappa shape index (κ2) is 14.9. The van der Waals surface area contributed by atoms with Gasteiger partial charge in [0.05, 0.1) is 4.90 Å². The fraction of sp³-hybridized carbons (Fsp3) is 0.333. The zero-order valence-corrected chi connectivity index (χ0v) is 25.8. The van der Waals surface area contributed by atoms with Crippen molar-refractivity contribution < 1.29 is 38.6 Å². The molecule has 205 valence electrons. The van der Waals surface area contributed by atoms with Crippen molar-refractivity contribution in [2.75, 3.05) is 0 Å². The Morgan fingerprint density at radius 3 is 0.944 bits per heavy atom. The fourth-order valence-corrected chi connectivity index (χ4v) is 8.07. The van der Waals surface area contributed by atoms with Gasteiger partial charge in [-0.3, -0.25) is 0 Å². The molecule has 0 aliphatic carbocycles. The van der Waals surface area contributed by atoms with Crippen molar-refractivity contribution in [2.45, 2.75) is 77.0 Å². The van der Waals surface area contributed by atoms with Crippen LogP contribution in [0.25, 0.3) is 0 Å². The number of benzene rings is 3. The Hall–Kier alpha value is -0.900. The molecule has 0 fully saturated rings. The monoisotopic (exact) mass is 655 g/mol. The number of aryl methyl sites for hydroxylation is 9. The molecule has 0 saturated carbocycles. The zero-order chi connectivity index (χ0) is 27.8. The summed E-state index contributed by atoms with van der Waals surface area (Å²) in [5, 5.41) is 0. The molecule has 0 aliphatic heterocycles. The van der Waals surface area contributed by atoms with Crippen LogP contribution in [0.15, 0.2) is 51.1 Å². The molecule has 0 unspecified atom stereocenters. The first-order chi connectivity index (χ1) is 16.6. The third-order valence-corrected chi connectivity index (χ3v) is 9.32. The maximum atomic E-state index is 12.5. The minimum atomic E-state index is -5.08. The Labute approximate surface area is 233 Å². The first-order valence-electron chi connectivity index (χ1n) is 10.9. The Morgan fingerprint density at radius 2 is 0.722 bits per heavy atom. The predicted octanol–water partition coefficient (Wildman–Crippen LogP) is 11.6. The summed E-state index contributed by atoms with van der Waals surface area (Å²) < 4.78 is 56.9. The summed E-state index contributed by atoms with van der Waals surface area (Å²) in [6.45, 7) is 18.0. The molecule has 36 heavy (non-hydrogen) atoms. The van der Waals surface area contributed by atoms with Gasteiger partial charge in [0.2, 0.25) is 11.2 Å². The molecule has 0 nitrogen and oxygen atoms in total. The Morgan fingerprint density at radius 1 is 0.500 bits per heavy atom. The summed E-state index contributed by atoms with van der Waals surface area (Å²) in [7, 11) is 3.77. The summed E-state index contributed by atoms with van der Waals surface area (Å²) in [6.07, 6.45) is 0. The molecule has 0 amide bonds. The topological polar surface area (TPSA) is 0 Å². The van der Waals surface area contributed by atoms with Crippen molar-refractivity contribution in [3.05, 3.63) is 86.5 Å². The standard InChI is InChI=1S/C18H22S2.C9H11F3S.Ag.2FH/c1-11-7-13(3)17(14(4)8-11)19-20-18-15(5)9-12(2)10-16(18)6;1-6-4-7(2)9(8(3)5-6)13(10,11)12;;;/h7-10H,1-6H3;4-5H,1-3H3;;2*1H/q;;+2;;/p-2. The fourth-order valence-electron chi connectivity index (χ4n) is 4.21. The second-order valence-corrected chi connectivity index (χ2v) is 12.4. The molecule has 0 bridgehead atoms. The number of hydrogen-bond acceptors (Lipinski definition) is 2. The molecule has 0 spiro atoms. The first kappa shape index (κ1) is 33.1. The first-order valence-corrected chi connectivity index (χ1v) is 15.5. The van der Waals surface area contributed by atoms with E-state index in [0.717, 1.165) is 5.56 Å². The van der Waals surface area contributed by atoms with Crippen LogP contribution in [0.2, 0.25) is 0 Å². The molecule has 0 saturated heterocycles. The molecule has 9 heteroatoms. The van der Waals surface area contributed by atoms with E-state index in [1.165, 1.54) is 57.0 Å². The number of halogens is 5. The summed E-state index contributed by atoms with van der Waals surface area (Å²) in [5.41, 5.74) is 9.74. The van der Waals surface area contributed by atoms with E-state index in [1.54, 1.807) is 19.1 Å². The summed E-state index contributed by atoms with van der Waals surface area (Å²) >= 11 is -7.01. The van der Waals surface area contributed by atoms with Gasteiger partial charge in [0.15, 0.2) is 0 Å². The van der Waals surface area contributed by atoms with Crippen LogP contribution >= 0.6 is 32.8 Å². The van der Waals surface area contributed by atoms with E-state index >= 15 is 0 Å². The van der Waals surface area contributed by atoms with E-state index in [0.29, 0.717) is 11.1 Å². The molecule has 3 rings (SSSR count). The average molecular weight is 657 g/mol. The van der Waals surface area contributed by atoms with Crippen LogP contribution < -0.4 is 0 Å². The van der Waals surface area contributed by atoms with Crippen LogP contribution in [0.3, 0.4) is 0 Å². The van der Waals surface area contributed by atoms with E-state index in [1.807, 2.05) is 21.6 Å². The van der Waals surface area contributed by atoms with Gasteiger partial charge in [0.1, 0.15) is 0 Å². The second-order valence-electron chi connectivity index (χ2n) is 8.80. The molecular formula is C27H33AgF5S3. The Kier molecular flexibility index (Phi) is 13.7. The van der Waals surface area contributed by atoms with E-state index in [2.05, 4.69) is 65.8 Å². The molecule has 3 aromatic rings. The van der Waals surface area contributed by atoms with E-state index in [9.17, 15) is 17.7 Å². The maximum absolute atomic E-state index is 12.5. The van der Waals surface area contributed by atoms with Crippen LogP contribution in [0.4, 0.5) is 17.7 Å². The average Bonchev–Trinajstić information content (AvgIpc) is 2.67. The Bertz CT molecular complexity index is 1050. The van der Waals surface area contributed by atoms with Crippen LogP contribution in [0, 0.1) is 62.3 Å². The van der Waals surface area contributed by atoms with Gasteiger partial charge in [-0.05, 0) is 95.7 Å². The normalized spacial score (nSPS) is 11.4. The van der Waals surface area contributed by atoms with Crippen molar-refractivity contribution in [1.29, 1.82) is 0 Å². The van der Waals surface area contributed by atoms with Crippen molar-refractivity contribution >= 4 is 32.8 Å². The third kappa shape index (κ3) is 10.1. The van der Waals surface area contributed by atoms with Crippen molar-refractivity contribution in [3.8, 4) is 0 Å². The quantitative estimate of drug-likeness (QED) is 0.156. The van der Waals surface area contributed by atoms with Gasteiger partial charge in [-0.15, -0.1) is 11.7 Å². The SMILES string of the molecule is Cc1cc(C)c(S(F)(F)F)c(C)c1.Cc1cc(C)c(SSc2c(C)cc(C)cc2C)c(C)c1.[F][Ag][F]. The summed E-state index contributed by atoms with van der Waals surface area (Å²) in [5.74, 6) is 0. The molecular weight excluding hydrogens is 623 g/mol. The van der Waals surface area contributed by atoms with Crippen LogP contribution in [0.5, 0.6) is 0 Å². The Balaban J connectivity index is 0.000000349. The van der Waals surface area contributed by atoms with Crippen LogP contribution in [-0.4, -0.2) is 0 Å². The number of rotatable bonds is 4. The minimum absolute atomic E-state index is 0.333. The summed E-state index contributed by atoms with van der Waals surface area (Å²) in [4.78, 5) is 2.39. The van der Waals surface area contributed by atoms with E-state index in [-0.39, 0.29) is 0 Å². The van der Waals surface area contributed by atoms with Gasteiger partial charge < -0.3 is 0 Å². The van der Waals surface area contributed by atoms with Gasteiger partial charge in [-0.1, -0.05) is 74.7 Å². The van der Waals surface area contributed by atoms with Crippen LogP contribution in [-0.2, 0) is 20.8 Å². The number of hydrogen-bond donors (Lipinski definition) is 0. The van der Waals surface area contributed by atoms with Gasteiger partial charge in [-0.2, -0.15) is 0 Å². The molecule has 0 atom stereocenters. The van der Waals surface area contributed by atoms with Crippen LogP contribution in [0.1, 0.15) is 50.1 Å². The molecule has 0 radical (unpaired) electrons. The van der Waals surface area contributed by atoms with Crippen molar-refractivity contribution in [2.24, 2.45) is 0 Å². The third-order valence-electron chi connectivity index (χ3n) is 5.25. The predicted molar refractivity (Wildman–Crippen MR) is 145 cm³/mol. The van der Waals surface area contributed by atoms with E-state index in [4.69, 9.17) is 0 Å². The zero-order valence-electron chi connectivity index (χ0n) is 21.9. The molecule has 0 heterocycles. The summed E-state index contributed by atoms with van der Waals surface area (Å²) in [6, 6.07) is 12.2. The van der Waals surface area contributed by atoms with Gasteiger partial charge in [-0.25, -0.2) is 0 Å². The molecule has 3 aromatic carbocycles. The van der Waals surface area contributed by atoms with Gasteiger partial charge >= 0.3 is 26.9 Å². The van der Waals surface area contributed by atoms with E-state index < -0.39 is 36.9 Å². The molecule has 0 aromatic heterocycles. The molecule has 0 aliphatic rings. The molecule has 0 N–H and O–H groups in total. The van der Waals surface area contributed by atoms with Crippen molar-refractivity contribution in [3.63, 3.8) is 0 Å². The van der Waals surface area contributed by atoms with Gasteiger partial charge in [0.25, 0.3) is 0 Å². The van der Waals surface area contributed by atoms with Crippen molar-refractivity contribution in [1.82, 2.24) is 0 Å².